The van der Waals surface area contributed by atoms with Gasteiger partial charge in [-0.25, -0.2) is 0 Å². The van der Waals surface area contributed by atoms with Crippen LogP contribution in [0.5, 0.6) is 0 Å². The summed E-state index contributed by atoms with van der Waals surface area (Å²) in [6.07, 6.45) is 4.01. The fourth-order valence-electron chi connectivity index (χ4n) is 3.94. The fraction of sp³-hybridized carbons (Fsp3) is 0.423. The minimum absolute atomic E-state index is 0.0185. The van der Waals surface area contributed by atoms with Crippen LogP contribution in [0.4, 0.5) is 0 Å². The van der Waals surface area contributed by atoms with Crippen molar-refractivity contribution in [3.05, 3.63) is 54.1 Å². The van der Waals surface area contributed by atoms with E-state index in [9.17, 15) is 9.59 Å². The van der Waals surface area contributed by atoms with E-state index < -0.39 is 5.97 Å². The van der Waals surface area contributed by atoms with E-state index in [1.54, 1.807) is 0 Å². The van der Waals surface area contributed by atoms with Crippen molar-refractivity contribution in [1.29, 1.82) is 0 Å². The van der Waals surface area contributed by atoms with Crippen LogP contribution in [0.1, 0.15) is 38.2 Å². The standard InChI is InChI=1S/C20H24N6OS.C6H10O2/c1-14(13-28)20(27)22-11-10-21-12-15-6-8-16(9-7-15)17-4-2-3-5-18(17)19-23-25-26-24-19;7-6(8)5-3-1-2-4-5/h2-9,14,21,28H,10-13H2,1H3,(H,22,27)(H,23,24,25,26);5H,1-4H2,(H,7,8). The molecule has 1 aromatic heterocycles. The van der Waals surface area contributed by atoms with Gasteiger partial charge < -0.3 is 15.7 Å². The molecular formula is C26H34N6O3S. The number of rotatable bonds is 10. The summed E-state index contributed by atoms with van der Waals surface area (Å²) in [5.74, 6) is 0.488. The number of nitrogens with one attached hydrogen (secondary N) is 3. The van der Waals surface area contributed by atoms with Crippen LogP contribution in [0.3, 0.4) is 0 Å². The molecule has 4 rings (SSSR count). The first-order valence-corrected chi connectivity index (χ1v) is 12.9. The predicted octanol–water partition coefficient (Wildman–Crippen LogP) is 3.57. The van der Waals surface area contributed by atoms with Gasteiger partial charge in [-0.1, -0.05) is 68.3 Å². The average Bonchev–Trinajstić information content (AvgIpc) is 3.64. The molecule has 1 fully saturated rings. The van der Waals surface area contributed by atoms with Gasteiger partial charge in [0, 0.05) is 36.9 Å². The zero-order valence-corrected chi connectivity index (χ0v) is 21.4. The Morgan fingerprint density at radius 1 is 1.08 bits per heavy atom. The lowest BCUT2D eigenvalue weighted by atomic mass is 9.98. The molecule has 3 aromatic rings. The molecule has 0 radical (unpaired) electrons. The lowest BCUT2D eigenvalue weighted by molar-refractivity contribution is -0.141. The van der Waals surface area contributed by atoms with Crippen LogP contribution in [-0.2, 0) is 16.1 Å². The Bertz CT molecular complexity index is 1090. The van der Waals surface area contributed by atoms with Crippen LogP contribution in [0.25, 0.3) is 22.5 Å². The topological polar surface area (TPSA) is 133 Å². The Labute approximate surface area is 216 Å². The number of H-pyrrole nitrogens is 1. The highest BCUT2D eigenvalue weighted by Gasteiger charge is 2.21. The number of carboxylic acids is 1. The molecule has 0 saturated heterocycles. The Morgan fingerprint density at radius 3 is 2.36 bits per heavy atom. The van der Waals surface area contributed by atoms with Crippen LogP contribution in [0, 0.1) is 11.8 Å². The number of benzene rings is 2. The predicted molar refractivity (Wildman–Crippen MR) is 142 cm³/mol. The Morgan fingerprint density at radius 2 is 1.78 bits per heavy atom. The molecule has 1 unspecified atom stereocenters. The van der Waals surface area contributed by atoms with Crippen LogP contribution in [-0.4, -0.2) is 56.4 Å². The van der Waals surface area contributed by atoms with Gasteiger partial charge in [-0.2, -0.15) is 17.8 Å². The highest BCUT2D eigenvalue weighted by molar-refractivity contribution is 7.80. The molecule has 0 spiro atoms. The van der Waals surface area contributed by atoms with Gasteiger partial charge in [0.2, 0.25) is 11.7 Å². The van der Waals surface area contributed by atoms with E-state index in [0.717, 1.165) is 48.9 Å². The third kappa shape index (κ3) is 8.17. The molecule has 10 heteroatoms. The molecule has 1 amide bonds. The largest absolute Gasteiger partial charge is 0.481 e. The third-order valence-electron chi connectivity index (χ3n) is 6.13. The maximum absolute atomic E-state index is 11.7. The number of carbonyl (C=O) groups excluding carboxylic acids is 1. The van der Waals surface area contributed by atoms with Gasteiger partial charge in [0.05, 0.1) is 5.92 Å². The summed E-state index contributed by atoms with van der Waals surface area (Å²) in [6.45, 7) is 3.93. The van der Waals surface area contributed by atoms with E-state index in [2.05, 4.69) is 68.2 Å². The van der Waals surface area contributed by atoms with E-state index >= 15 is 0 Å². The number of aromatic nitrogens is 4. The first-order chi connectivity index (χ1) is 17.5. The van der Waals surface area contributed by atoms with Gasteiger partial charge in [0.1, 0.15) is 0 Å². The third-order valence-corrected chi connectivity index (χ3v) is 6.68. The second kappa shape index (κ2) is 14.4. The van der Waals surface area contributed by atoms with Crippen LogP contribution >= 0.6 is 12.6 Å². The zero-order valence-electron chi connectivity index (χ0n) is 20.5. The van der Waals surface area contributed by atoms with Crippen molar-refractivity contribution in [3.63, 3.8) is 0 Å². The minimum Gasteiger partial charge on any atom is -0.481 e. The maximum Gasteiger partial charge on any atom is 0.306 e. The molecule has 192 valence electrons. The number of hydrogen-bond donors (Lipinski definition) is 5. The van der Waals surface area contributed by atoms with Gasteiger partial charge in [0.25, 0.3) is 0 Å². The van der Waals surface area contributed by atoms with Crippen LogP contribution < -0.4 is 10.6 Å². The van der Waals surface area contributed by atoms with E-state index in [1.165, 1.54) is 5.56 Å². The van der Waals surface area contributed by atoms with E-state index in [0.29, 0.717) is 24.7 Å². The SMILES string of the molecule is CC(CS)C(=O)NCCNCc1ccc(-c2ccccc2-c2nn[nH]n2)cc1.O=C(O)C1CCCC1. The second-order valence-electron chi connectivity index (χ2n) is 8.85. The van der Waals surface area contributed by atoms with Gasteiger partial charge in [-0.3, -0.25) is 9.59 Å². The summed E-state index contributed by atoms with van der Waals surface area (Å²) in [5, 5.41) is 29.0. The summed E-state index contributed by atoms with van der Waals surface area (Å²) >= 11 is 4.14. The minimum atomic E-state index is -0.609. The number of aromatic amines is 1. The van der Waals surface area contributed by atoms with Crippen molar-refractivity contribution in [2.24, 2.45) is 11.8 Å². The number of thiol groups is 1. The first kappa shape index (κ1) is 27.3. The quantitative estimate of drug-likeness (QED) is 0.208. The molecule has 2 aromatic carbocycles. The molecule has 0 bridgehead atoms. The molecule has 1 atom stereocenters. The molecule has 4 N–H and O–H groups in total. The zero-order chi connectivity index (χ0) is 25.8. The number of nitrogens with zero attached hydrogens (tertiary/aromatic N) is 3. The van der Waals surface area contributed by atoms with E-state index in [4.69, 9.17) is 5.11 Å². The van der Waals surface area contributed by atoms with Crippen molar-refractivity contribution in [2.45, 2.75) is 39.2 Å². The monoisotopic (exact) mass is 510 g/mol. The first-order valence-electron chi connectivity index (χ1n) is 12.2. The number of hydrogen-bond acceptors (Lipinski definition) is 7. The van der Waals surface area contributed by atoms with Crippen molar-refractivity contribution < 1.29 is 14.7 Å². The van der Waals surface area contributed by atoms with Gasteiger partial charge in [-0.15, -0.1) is 10.2 Å². The highest BCUT2D eigenvalue weighted by Crippen LogP contribution is 2.29. The molecule has 1 heterocycles. The summed E-state index contributed by atoms with van der Waals surface area (Å²) < 4.78 is 0. The summed E-state index contributed by atoms with van der Waals surface area (Å²) in [5.41, 5.74) is 4.27. The number of carbonyl (C=O) groups is 2. The van der Waals surface area contributed by atoms with Gasteiger partial charge >= 0.3 is 5.97 Å². The Hall–Kier alpha value is -3.24. The molecule has 1 saturated carbocycles. The van der Waals surface area contributed by atoms with E-state index in [1.807, 2.05) is 31.2 Å². The Kier molecular flexibility index (Phi) is 10.9. The lowest BCUT2D eigenvalue weighted by Crippen LogP contribution is -2.35. The van der Waals surface area contributed by atoms with Crippen molar-refractivity contribution in [1.82, 2.24) is 31.3 Å². The van der Waals surface area contributed by atoms with E-state index in [-0.39, 0.29) is 17.7 Å². The molecular weight excluding hydrogens is 476 g/mol. The van der Waals surface area contributed by atoms with Gasteiger partial charge in [-0.05, 0) is 34.7 Å². The average molecular weight is 511 g/mol. The number of tetrazole rings is 1. The Balaban J connectivity index is 0.000000383. The lowest BCUT2D eigenvalue weighted by Gasteiger charge is -2.11. The van der Waals surface area contributed by atoms with Crippen molar-refractivity contribution in [3.8, 4) is 22.5 Å². The van der Waals surface area contributed by atoms with Crippen molar-refractivity contribution in [2.75, 3.05) is 18.8 Å². The van der Waals surface area contributed by atoms with Crippen LogP contribution in [0.2, 0.25) is 0 Å². The molecule has 36 heavy (non-hydrogen) atoms. The second-order valence-corrected chi connectivity index (χ2v) is 9.21. The molecule has 1 aliphatic carbocycles. The molecule has 0 aliphatic heterocycles. The van der Waals surface area contributed by atoms with Crippen LogP contribution in [0.15, 0.2) is 48.5 Å². The summed E-state index contributed by atoms with van der Waals surface area (Å²) in [4.78, 5) is 21.9. The number of carboxylic acid groups (broad SMARTS) is 1. The maximum atomic E-state index is 11.7. The number of aliphatic carboxylic acids is 1. The van der Waals surface area contributed by atoms with Crippen molar-refractivity contribution >= 4 is 24.5 Å². The fourth-order valence-corrected chi connectivity index (χ4v) is 4.11. The number of amides is 1. The summed E-state index contributed by atoms with van der Waals surface area (Å²) in [7, 11) is 0. The normalized spacial score (nSPS) is 14.1. The smallest absolute Gasteiger partial charge is 0.306 e. The summed E-state index contributed by atoms with van der Waals surface area (Å²) in [6, 6.07) is 16.4. The van der Waals surface area contributed by atoms with Gasteiger partial charge in [0.15, 0.2) is 0 Å². The molecule has 1 aliphatic rings. The highest BCUT2D eigenvalue weighted by atomic mass is 32.1. The molecule has 9 nitrogen and oxygen atoms in total.